The van der Waals surface area contributed by atoms with Crippen LogP contribution >= 0.6 is 11.8 Å². The Bertz CT molecular complexity index is 1080. The number of thioether (sulfide) groups is 1. The maximum absolute atomic E-state index is 13.2. The number of carbonyl (C=O) groups is 2. The number of benzene rings is 2. The second-order valence-corrected chi connectivity index (χ2v) is 7.54. The maximum atomic E-state index is 13.2. The van der Waals surface area contributed by atoms with Crippen molar-refractivity contribution in [2.75, 3.05) is 0 Å². The number of rotatable bonds is 4. The summed E-state index contributed by atoms with van der Waals surface area (Å²) in [5.74, 6) is -0.344. The van der Waals surface area contributed by atoms with E-state index >= 15 is 0 Å². The highest BCUT2D eigenvalue weighted by Crippen LogP contribution is 2.37. The smallest absolute Gasteiger partial charge is 0.416 e. The summed E-state index contributed by atoms with van der Waals surface area (Å²) >= 11 is 0.739. The highest BCUT2D eigenvalue weighted by molar-refractivity contribution is 8.18. The average Bonchev–Trinajstić information content (AvgIpc) is 2.97. The molecular formula is C20H13F6NO3S. The van der Waals surface area contributed by atoms with Gasteiger partial charge in [-0.1, -0.05) is 12.1 Å². The first-order chi connectivity index (χ1) is 14.3. The van der Waals surface area contributed by atoms with E-state index < -0.39 is 46.8 Å². The fourth-order valence-electron chi connectivity index (χ4n) is 2.77. The van der Waals surface area contributed by atoms with E-state index in [4.69, 9.17) is 4.74 Å². The van der Waals surface area contributed by atoms with Gasteiger partial charge in [0.25, 0.3) is 11.1 Å². The number of halogens is 6. The van der Waals surface area contributed by atoms with Crippen LogP contribution in [0.15, 0.2) is 41.3 Å². The number of ether oxygens (including phenoxy) is 1. The van der Waals surface area contributed by atoms with Gasteiger partial charge >= 0.3 is 12.4 Å². The van der Waals surface area contributed by atoms with Crippen molar-refractivity contribution in [2.24, 2.45) is 0 Å². The number of alkyl halides is 6. The summed E-state index contributed by atoms with van der Waals surface area (Å²) < 4.78 is 83.3. The molecule has 2 amide bonds. The van der Waals surface area contributed by atoms with Crippen LogP contribution in [0.3, 0.4) is 0 Å². The van der Waals surface area contributed by atoms with Gasteiger partial charge in [-0.05, 0) is 60.2 Å². The predicted molar refractivity (Wildman–Crippen MR) is 101 cm³/mol. The lowest BCUT2D eigenvalue weighted by Gasteiger charge is -2.16. The number of imide groups is 1. The fraction of sp³-hybridized carbons (Fsp3) is 0.200. The second-order valence-electron chi connectivity index (χ2n) is 6.53. The molecule has 11 heteroatoms. The van der Waals surface area contributed by atoms with Crippen LogP contribution in [0.4, 0.5) is 31.1 Å². The van der Waals surface area contributed by atoms with E-state index in [1.165, 1.54) is 18.2 Å². The molecule has 0 unspecified atom stereocenters. The molecule has 1 aliphatic rings. The van der Waals surface area contributed by atoms with E-state index in [2.05, 4.69) is 5.32 Å². The number of nitrogens with one attached hydrogen (secondary N) is 1. The first-order valence-electron chi connectivity index (χ1n) is 8.60. The van der Waals surface area contributed by atoms with E-state index in [0.29, 0.717) is 17.2 Å². The Kier molecular flexibility index (Phi) is 6.08. The first-order valence-corrected chi connectivity index (χ1v) is 9.42. The van der Waals surface area contributed by atoms with Crippen molar-refractivity contribution in [1.82, 2.24) is 5.32 Å². The number of carbonyl (C=O) groups excluding carboxylic acids is 2. The summed E-state index contributed by atoms with van der Waals surface area (Å²) in [6.45, 7) is 1.07. The molecule has 1 saturated heterocycles. The van der Waals surface area contributed by atoms with Gasteiger partial charge in [0.15, 0.2) is 0 Å². The number of hydrogen-bond acceptors (Lipinski definition) is 4. The van der Waals surface area contributed by atoms with E-state index in [9.17, 15) is 35.9 Å². The minimum atomic E-state index is -4.98. The third-order valence-electron chi connectivity index (χ3n) is 4.31. The summed E-state index contributed by atoms with van der Waals surface area (Å²) in [4.78, 5) is 23.0. The lowest BCUT2D eigenvalue weighted by atomic mass is 10.0. The topological polar surface area (TPSA) is 55.4 Å². The molecule has 0 atom stereocenters. The summed E-state index contributed by atoms with van der Waals surface area (Å²) in [5.41, 5.74) is -2.06. The largest absolute Gasteiger partial charge is 0.489 e. The summed E-state index contributed by atoms with van der Waals surface area (Å²) in [5, 5.41) is 1.62. The molecule has 0 saturated carbocycles. The van der Waals surface area contributed by atoms with Gasteiger partial charge in [-0.25, -0.2) is 0 Å². The van der Waals surface area contributed by atoms with Gasteiger partial charge in [-0.15, -0.1) is 0 Å². The minimum absolute atomic E-state index is 0.0603. The van der Waals surface area contributed by atoms with Crippen LogP contribution in [0.5, 0.6) is 5.75 Å². The lowest BCUT2D eigenvalue weighted by Crippen LogP contribution is -2.17. The number of hydrogen-bond donors (Lipinski definition) is 1. The maximum Gasteiger partial charge on any atom is 0.416 e. The highest BCUT2D eigenvalue weighted by Gasteiger charge is 2.38. The summed E-state index contributed by atoms with van der Waals surface area (Å²) in [7, 11) is 0. The van der Waals surface area contributed by atoms with Crippen molar-refractivity contribution in [1.29, 1.82) is 0 Å². The molecule has 31 heavy (non-hydrogen) atoms. The van der Waals surface area contributed by atoms with E-state index in [-0.39, 0.29) is 16.7 Å². The van der Waals surface area contributed by atoms with Crippen molar-refractivity contribution in [3.05, 3.63) is 69.1 Å². The molecule has 0 aliphatic carbocycles. The van der Waals surface area contributed by atoms with Crippen LogP contribution < -0.4 is 10.1 Å². The second kappa shape index (κ2) is 8.29. The van der Waals surface area contributed by atoms with Gasteiger partial charge in [0.1, 0.15) is 12.4 Å². The summed E-state index contributed by atoms with van der Waals surface area (Å²) in [6.07, 6.45) is -8.40. The standard InChI is InChI=1S/C20H13F6NO3S/c1-10-6-14(5-3-11(10)7-16-17(28)27-18(29)31-16)30-9-12-2-4-13(19(21,22)23)8-15(12)20(24,25)26/h2-8H,9H2,1H3,(H,27,28,29)/b16-7-. The molecule has 164 valence electrons. The van der Waals surface area contributed by atoms with Gasteiger partial charge in [0.2, 0.25) is 0 Å². The van der Waals surface area contributed by atoms with Crippen molar-refractivity contribution < 1.29 is 40.7 Å². The van der Waals surface area contributed by atoms with Gasteiger partial charge < -0.3 is 4.74 Å². The molecule has 4 nitrogen and oxygen atoms in total. The Morgan fingerprint density at radius 1 is 1.00 bits per heavy atom. The monoisotopic (exact) mass is 461 g/mol. The molecule has 2 aromatic carbocycles. The molecular weight excluding hydrogens is 448 g/mol. The van der Waals surface area contributed by atoms with Crippen LogP contribution in [-0.2, 0) is 23.8 Å². The van der Waals surface area contributed by atoms with Crippen LogP contribution in [0.1, 0.15) is 27.8 Å². The lowest BCUT2D eigenvalue weighted by molar-refractivity contribution is -0.143. The Hall–Kier alpha value is -2.95. The number of aryl methyl sites for hydroxylation is 1. The molecule has 2 aromatic rings. The van der Waals surface area contributed by atoms with Crippen LogP contribution in [0, 0.1) is 6.92 Å². The molecule has 0 spiro atoms. The van der Waals surface area contributed by atoms with Crippen LogP contribution in [0.25, 0.3) is 6.08 Å². The molecule has 1 N–H and O–H groups in total. The third-order valence-corrected chi connectivity index (χ3v) is 5.12. The van der Waals surface area contributed by atoms with Crippen molar-refractivity contribution >= 4 is 29.0 Å². The molecule has 1 heterocycles. The zero-order valence-corrected chi connectivity index (χ0v) is 16.5. The number of amides is 2. The molecule has 1 aliphatic heterocycles. The average molecular weight is 461 g/mol. The van der Waals surface area contributed by atoms with Gasteiger partial charge in [0.05, 0.1) is 16.0 Å². The Morgan fingerprint density at radius 3 is 2.26 bits per heavy atom. The van der Waals surface area contributed by atoms with Crippen molar-refractivity contribution in [3.63, 3.8) is 0 Å². The normalized spacial score (nSPS) is 16.0. The molecule has 3 rings (SSSR count). The predicted octanol–water partition coefficient (Wildman–Crippen LogP) is 5.94. The first kappa shape index (κ1) is 22.7. The quantitative estimate of drug-likeness (QED) is 0.453. The van der Waals surface area contributed by atoms with E-state index in [0.717, 1.165) is 17.8 Å². The molecule has 0 aromatic heterocycles. The summed E-state index contributed by atoms with van der Waals surface area (Å²) in [6, 6.07) is 5.86. The Labute approximate surface area is 176 Å². The van der Waals surface area contributed by atoms with Crippen LogP contribution in [-0.4, -0.2) is 11.1 Å². The zero-order chi connectivity index (χ0) is 23.0. The Balaban J connectivity index is 1.80. The fourth-order valence-corrected chi connectivity index (χ4v) is 3.44. The van der Waals surface area contributed by atoms with Gasteiger partial charge in [-0.3, -0.25) is 14.9 Å². The highest BCUT2D eigenvalue weighted by atomic mass is 32.2. The van der Waals surface area contributed by atoms with E-state index in [1.54, 1.807) is 13.0 Å². The zero-order valence-electron chi connectivity index (χ0n) is 15.6. The van der Waals surface area contributed by atoms with Gasteiger partial charge in [0, 0.05) is 5.56 Å². The third kappa shape index (κ3) is 5.40. The van der Waals surface area contributed by atoms with Crippen LogP contribution in [0.2, 0.25) is 0 Å². The minimum Gasteiger partial charge on any atom is -0.489 e. The molecule has 1 fully saturated rings. The SMILES string of the molecule is Cc1cc(OCc2ccc(C(F)(F)F)cc2C(F)(F)F)ccc1/C=C1\SC(=O)NC1=O. The van der Waals surface area contributed by atoms with Crippen molar-refractivity contribution in [2.45, 2.75) is 25.9 Å². The Morgan fingerprint density at radius 2 is 1.71 bits per heavy atom. The molecule has 0 bridgehead atoms. The van der Waals surface area contributed by atoms with Crippen molar-refractivity contribution in [3.8, 4) is 5.75 Å². The van der Waals surface area contributed by atoms with E-state index in [1.807, 2.05) is 0 Å². The van der Waals surface area contributed by atoms with Gasteiger partial charge in [-0.2, -0.15) is 26.3 Å². The molecule has 0 radical (unpaired) electrons.